The van der Waals surface area contributed by atoms with Gasteiger partial charge >= 0.3 is 5.97 Å². The SMILES string of the molecule is O=C(O)c1cc(S(=O)CC2CC2)ccc1F. The first-order valence-electron chi connectivity index (χ1n) is 4.99. The van der Waals surface area contributed by atoms with Crippen LogP contribution in [0.1, 0.15) is 23.2 Å². The van der Waals surface area contributed by atoms with Gasteiger partial charge in [0.2, 0.25) is 0 Å². The summed E-state index contributed by atoms with van der Waals surface area (Å²) in [5, 5.41) is 8.73. The highest BCUT2D eigenvalue weighted by molar-refractivity contribution is 7.85. The van der Waals surface area contributed by atoms with Crippen LogP contribution < -0.4 is 0 Å². The second-order valence-corrected chi connectivity index (χ2v) is 5.40. The first-order valence-corrected chi connectivity index (χ1v) is 6.31. The van der Waals surface area contributed by atoms with Crippen molar-refractivity contribution >= 4 is 16.8 Å². The van der Waals surface area contributed by atoms with Crippen molar-refractivity contribution in [3.05, 3.63) is 29.6 Å². The van der Waals surface area contributed by atoms with Gasteiger partial charge in [0.15, 0.2) is 0 Å². The molecule has 0 bridgehead atoms. The molecule has 86 valence electrons. The maximum Gasteiger partial charge on any atom is 0.338 e. The number of halogens is 1. The van der Waals surface area contributed by atoms with Crippen LogP contribution in [-0.4, -0.2) is 21.0 Å². The van der Waals surface area contributed by atoms with E-state index in [9.17, 15) is 13.4 Å². The summed E-state index contributed by atoms with van der Waals surface area (Å²) >= 11 is 0. The maximum atomic E-state index is 13.1. The highest BCUT2D eigenvalue weighted by atomic mass is 32.2. The summed E-state index contributed by atoms with van der Waals surface area (Å²) in [6.45, 7) is 0. The molecular weight excluding hydrogens is 231 g/mol. The summed E-state index contributed by atoms with van der Waals surface area (Å²) in [5.74, 6) is -1.09. The minimum absolute atomic E-state index is 0.394. The monoisotopic (exact) mass is 242 g/mol. The number of aromatic carboxylic acids is 1. The zero-order valence-electron chi connectivity index (χ0n) is 8.48. The van der Waals surface area contributed by atoms with Crippen molar-refractivity contribution in [2.75, 3.05) is 5.75 Å². The van der Waals surface area contributed by atoms with Crippen molar-refractivity contribution in [1.82, 2.24) is 0 Å². The van der Waals surface area contributed by atoms with Gasteiger partial charge in [-0.05, 0) is 37.0 Å². The molecule has 0 heterocycles. The molecule has 1 aliphatic rings. The minimum atomic E-state index is -1.33. The Labute approximate surface area is 94.7 Å². The molecule has 0 aliphatic heterocycles. The van der Waals surface area contributed by atoms with Gasteiger partial charge in [0.25, 0.3) is 0 Å². The Morgan fingerprint density at radius 2 is 2.19 bits per heavy atom. The van der Waals surface area contributed by atoms with E-state index in [4.69, 9.17) is 5.11 Å². The molecule has 2 rings (SSSR count). The second kappa shape index (κ2) is 4.33. The van der Waals surface area contributed by atoms with Gasteiger partial charge in [-0.1, -0.05) is 0 Å². The standard InChI is InChI=1S/C11H11FO3S/c12-10-4-3-8(5-9(10)11(13)14)16(15)6-7-1-2-7/h3-5,7H,1-2,6H2,(H,13,14). The molecule has 1 aromatic carbocycles. The molecule has 1 aliphatic carbocycles. The van der Waals surface area contributed by atoms with Gasteiger partial charge in [-0.3, -0.25) is 4.21 Å². The molecule has 3 nitrogen and oxygen atoms in total. The fourth-order valence-electron chi connectivity index (χ4n) is 1.40. The van der Waals surface area contributed by atoms with Crippen molar-refractivity contribution in [2.45, 2.75) is 17.7 Å². The van der Waals surface area contributed by atoms with Crippen LogP contribution in [0.5, 0.6) is 0 Å². The molecule has 16 heavy (non-hydrogen) atoms. The van der Waals surface area contributed by atoms with Crippen molar-refractivity contribution in [3.8, 4) is 0 Å². The predicted molar refractivity (Wildman–Crippen MR) is 57.4 cm³/mol. The highest BCUT2D eigenvalue weighted by Crippen LogP contribution is 2.31. The molecule has 0 saturated heterocycles. The van der Waals surface area contributed by atoms with Crippen molar-refractivity contribution in [3.63, 3.8) is 0 Å². The summed E-state index contributed by atoms with van der Waals surface area (Å²) in [6.07, 6.45) is 2.16. The topological polar surface area (TPSA) is 54.4 Å². The van der Waals surface area contributed by atoms with Gasteiger partial charge in [0.1, 0.15) is 5.82 Å². The normalized spacial score (nSPS) is 17.1. The van der Waals surface area contributed by atoms with Crippen LogP contribution in [0.2, 0.25) is 0 Å². The number of carboxylic acids is 1. The van der Waals surface area contributed by atoms with Crippen LogP contribution in [0, 0.1) is 11.7 Å². The zero-order valence-corrected chi connectivity index (χ0v) is 9.30. The molecule has 1 fully saturated rings. The molecule has 1 N–H and O–H groups in total. The fraction of sp³-hybridized carbons (Fsp3) is 0.364. The third-order valence-electron chi connectivity index (χ3n) is 2.52. The summed E-state index contributed by atoms with van der Waals surface area (Å²) in [5.41, 5.74) is -0.415. The number of carboxylic acid groups (broad SMARTS) is 1. The van der Waals surface area contributed by atoms with E-state index in [0.717, 1.165) is 25.0 Å². The Balaban J connectivity index is 2.23. The summed E-state index contributed by atoms with van der Waals surface area (Å²) in [7, 11) is -1.22. The molecular formula is C11H11FO3S. The van der Waals surface area contributed by atoms with E-state index in [1.807, 2.05) is 0 Å². The Morgan fingerprint density at radius 1 is 1.50 bits per heavy atom. The molecule has 0 radical (unpaired) electrons. The molecule has 0 amide bonds. The van der Waals surface area contributed by atoms with E-state index < -0.39 is 28.1 Å². The number of hydrogen-bond donors (Lipinski definition) is 1. The first-order chi connectivity index (χ1) is 7.58. The third-order valence-corrected chi connectivity index (χ3v) is 4.07. The average Bonchev–Trinajstić information content (AvgIpc) is 3.01. The lowest BCUT2D eigenvalue weighted by atomic mass is 10.2. The molecule has 1 aromatic rings. The van der Waals surface area contributed by atoms with Gasteiger partial charge < -0.3 is 5.11 Å². The van der Waals surface area contributed by atoms with E-state index in [1.54, 1.807) is 0 Å². The van der Waals surface area contributed by atoms with Crippen LogP contribution in [0.15, 0.2) is 23.1 Å². The van der Waals surface area contributed by atoms with Gasteiger partial charge in [0.05, 0.1) is 16.4 Å². The molecule has 0 aromatic heterocycles. The molecule has 5 heteroatoms. The smallest absolute Gasteiger partial charge is 0.338 e. The Bertz CT molecular complexity index is 455. The van der Waals surface area contributed by atoms with E-state index in [0.29, 0.717) is 16.6 Å². The fourth-order valence-corrected chi connectivity index (χ4v) is 2.83. The average molecular weight is 242 g/mol. The van der Waals surface area contributed by atoms with Crippen LogP contribution in [0.3, 0.4) is 0 Å². The Kier molecular flexibility index (Phi) is 3.05. The van der Waals surface area contributed by atoms with Crippen LogP contribution >= 0.6 is 0 Å². The van der Waals surface area contributed by atoms with Gasteiger partial charge in [-0.15, -0.1) is 0 Å². The molecule has 1 saturated carbocycles. The van der Waals surface area contributed by atoms with Gasteiger partial charge in [-0.2, -0.15) is 0 Å². The van der Waals surface area contributed by atoms with Crippen LogP contribution in [0.4, 0.5) is 4.39 Å². The largest absolute Gasteiger partial charge is 0.478 e. The minimum Gasteiger partial charge on any atom is -0.478 e. The number of carbonyl (C=O) groups is 1. The van der Waals surface area contributed by atoms with Gasteiger partial charge in [0, 0.05) is 10.6 Å². The quantitative estimate of drug-likeness (QED) is 0.879. The van der Waals surface area contributed by atoms with Crippen molar-refractivity contribution in [1.29, 1.82) is 0 Å². The maximum absolute atomic E-state index is 13.1. The predicted octanol–water partition coefficient (Wildman–Crippen LogP) is 2.04. The number of hydrogen-bond acceptors (Lipinski definition) is 2. The zero-order chi connectivity index (χ0) is 11.7. The summed E-state index contributed by atoms with van der Waals surface area (Å²) in [6, 6.07) is 3.61. The Hall–Kier alpha value is -1.23. The number of benzene rings is 1. The first kappa shape index (κ1) is 11.3. The number of rotatable bonds is 4. The highest BCUT2D eigenvalue weighted by Gasteiger charge is 2.25. The molecule has 1 unspecified atom stereocenters. The molecule has 1 atom stereocenters. The van der Waals surface area contributed by atoms with E-state index in [1.165, 1.54) is 6.07 Å². The van der Waals surface area contributed by atoms with Crippen molar-refractivity contribution in [2.24, 2.45) is 5.92 Å². The second-order valence-electron chi connectivity index (χ2n) is 3.90. The van der Waals surface area contributed by atoms with E-state index in [-0.39, 0.29) is 0 Å². The lowest BCUT2D eigenvalue weighted by molar-refractivity contribution is 0.0691. The van der Waals surface area contributed by atoms with Crippen LogP contribution in [0.25, 0.3) is 0 Å². The lowest BCUT2D eigenvalue weighted by Crippen LogP contribution is -2.05. The Morgan fingerprint density at radius 3 is 2.75 bits per heavy atom. The third kappa shape index (κ3) is 2.47. The van der Waals surface area contributed by atoms with Crippen molar-refractivity contribution < 1.29 is 18.5 Å². The van der Waals surface area contributed by atoms with Gasteiger partial charge in [-0.25, -0.2) is 9.18 Å². The molecule has 0 spiro atoms. The summed E-state index contributed by atoms with van der Waals surface area (Å²) in [4.78, 5) is 11.1. The van der Waals surface area contributed by atoms with E-state index >= 15 is 0 Å². The lowest BCUT2D eigenvalue weighted by Gasteiger charge is -2.03. The van der Waals surface area contributed by atoms with Crippen LogP contribution in [-0.2, 0) is 10.8 Å². The van der Waals surface area contributed by atoms with E-state index in [2.05, 4.69) is 0 Å². The summed E-state index contributed by atoms with van der Waals surface area (Å²) < 4.78 is 24.9.